The highest BCUT2D eigenvalue weighted by atomic mass is 19.1. The molecule has 2 nitrogen and oxygen atoms in total. The van der Waals surface area contributed by atoms with Crippen molar-refractivity contribution in [2.75, 3.05) is 7.11 Å². The standard InChI is InChI=1S/C15H15FO2/c1-10-7-8-13(16)12(9-10)15(17)11-5-3-4-6-14(11)18-2/h3-9,15,17H,1-2H3. The van der Waals surface area contributed by atoms with Crippen LogP contribution in [0.5, 0.6) is 5.75 Å². The fraction of sp³-hybridized carbons (Fsp3) is 0.200. The van der Waals surface area contributed by atoms with Crippen LogP contribution in [0.1, 0.15) is 22.8 Å². The number of hydrogen-bond donors (Lipinski definition) is 1. The van der Waals surface area contributed by atoms with Gasteiger partial charge < -0.3 is 9.84 Å². The van der Waals surface area contributed by atoms with Crippen molar-refractivity contribution < 1.29 is 14.2 Å². The molecule has 0 amide bonds. The van der Waals surface area contributed by atoms with Crippen molar-refractivity contribution in [3.63, 3.8) is 0 Å². The van der Waals surface area contributed by atoms with Crippen molar-refractivity contribution in [1.29, 1.82) is 0 Å². The number of aliphatic hydroxyl groups excluding tert-OH is 1. The summed E-state index contributed by atoms with van der Waals surface area (Å²) in [5.41, 5.74) is 1.73. The van der Waals surface area contributed by atoms with Crippen molar-refractivity contribution in [2.45, 2.75) is 13.0 Å². The first-order chi connectivity index (χ1) is 8.63. The number of aryl methyl sites for hydroxylation is 1. The van der Waals surface area contributed by atoms with Crippen LogP contribution < -0.4 is 4.74 Å². The smallest absolute Gasteiger partial charge is 0.129 e. The molecule has 2 aromatic carbocycles. The molecule has 1 N–H and O–H groups in total. The van der Waals surface area contributed by atoms with E-state index in [1.807, 2.05) is 13.0 Å². The van der Waals surface area contributed by atoms with E-state index in [9.17, 15) is 9.50 Å². The first-order valence-corrected chi connectivity index (χ1v) is 5.70. The molecule has 0 aromatic heterocycles. The molecule has 0 fully saturated rings. The van der Waals surface area contributed by atoms with Gasteiger partial charge in [0.15, 0.2) is 0 Å². The third-order valence-electron chi connectivity index (χ3n) is 2.88. The molecule has 1 unspecified atom stereocenters. The molecule has 18 heavy (non-hydrogen) atoms. The highest BCUT2D eigenvalue weighted by Gasteiger charge is 2.18. The lowest BCUT2D eigenvalue weighted by Crippen LogP contribution is -2.05. The lowest BCUT2D eigenvalue weighted by molar-refractivity contribution is 0.209. The SMILES string of the molecule is COc1ccccc1C(O)c1cc(C)ccc1F. The molecule has 0 aliphatic rings. The molecule has 0 spiro atoms. The summed E-state index contributed by atoms with van der Waals surface area (Å²) in [5.74, 6) is 0.130. The van der Waals surface area contributed by atoms with Gasteiger partial charge in [-0.25, -0.2) is 4.39 Å². The fourth-order valence-corrected chi connectivity index (χ4v) is 1.93. The lowest BCUT2D eigenvalue weighted by Gasteiger charge is -2.16. The summed E-state index contributed by atoms with van der Waals surface area (Å²) in [6, 6.07) is 11.7. The van der Waals surface area contributed by atoms with Crippen molar-refractivity contribution in [2.24, 2.45) is 0 Å². The Bertz CT molecular complexity index is 552. The number of hydrogen-bond acceptors (Lipinski definition) is 2. The van der Waals surface area contributed by atoms with E-state index in [0.717, 1.165) is 5.56 Å². The number of benzene rings is 2. The quantitative estimate of drug-likeness (QED) is 0.901. The number of ether oxygens (including phenoxy) is 1. The zero-order chi connectivity index (χ0) is 13.1. The summed E-state index contributed by atoms with van der Waals surface area (Å²) in [4.78, 5) is 0. The second kappa shape index (κ2) is 5.19. The van der Waals surface area contributed by atoms with Crippen LogP contribution in [0, 0.1) is 12.7 Å². The minimum atomic E-state index is -1.03. The van der Waals surface area contributed by atoms with E-state index in [-0.39, 0.29) is 5.56 Å². The van der Waals surface area contributed by atoms with Gasteiger partial charge in [0.1, 0.15) is 17.7 Å². The summed E-state index contributed by atoms with van der Waals surface area (Å²) in [6.07, 6.45) is -1.03. The average Bonchev–Trinajstić information content (AvgIpc) is 2.40. The second-order valence-corrected chi connectivity index (χ2v) is 4.17. The van der Waals surface area contributed by atoms with E-state index in [2.05, 4.69) is 0 Å². The molecule has 0 bridgehead atoms. The highest BCUT2D eigenvalue weighted by molar-refractivity contribution is 5.41. The van der Waals surface area contributed by atoms with Gasteiger partial charge in [0.25, 0.3) is 0 Å². The number of methoxy groups -OCH3 is 1. The zero-order valence-electron chi connectivity index (χ0n) is 10.4. The maximum atomic E-state index is 13.7. The van der Waals surface area contributed by atoms with Gasteiger partial charge in [-0.05, 0) is 19.1 Å². The summed E-state index contributed by atoms with van der Waals surface area (Å²) < 4.78 is 18.9. The van der Waals surface area contributed by atoms with Crippen LogP contribution in [0.15, 0.2) is 42.5 Å². The van der Waals surface area contributed by atoms with E-state index in [1.165, 1.54) is 13.2 Å². The largest absolute Gasteiger partial charge is 0.496 e. The second-order valence-electron chi connectivity index (χ2n) is 4.17. The molecular weight excluding hydrogens is 231 g/mol. The third-order valence-corrected chi connectivity index (χ3v) is 2.88. The van der Waals surface area contributed by atoms with Crippen LogP contribution in [0.4, 0.5) is 4.39 Å². The van der Waals surface area contributed by atoms with E-state index in [4.69, 9.17) is 4.74 Å². The third kappa shape index (κ3) is 2.36. The Morgan fingerprint density at radius 3 is 2.56 bits per heavy atom. The van der Waals surface area contributed by atoms with Crippen LogP contribution in [0.3, 0.4) is 0 Å². The maximum absolute atomic E-state index is 13.7. The predicted octanol–water partition coefficient (Wildman–Crippen LogP) is 3.22. The Hall–Kier alpha value is -1.87. The normalized spacial score (nSPS) is 12.2. The molecule has 0 radical (unpaired) electrons. The van der Waals surface area contributed by atoms with Crippen LogP contribution in [-0.4, -0.2) is 12.2 Å². The molecule has 0 saturated heterocycles. The molecule has 2 rings (SSSR count). The van der Waals surface area contributed by atoms with Crippen LogP contribution in [-0.2, 0) is 0 Å². The van der Waals surface area contributed by atoms with Gasteiger partial charge in [-0.2, -0.15) is 0 Å². The molecular formula is C15H15FO2. The van der Waals surface area contributed by atoms with E-state index < -0.39 is 11.9 Å². The van der Waals surface area contributed by atoms with Crippen molar-refractivity contribution >= 4 is 0 Å². The summed E-state index contributed by atoms with van der Waals surface area (Å²) in [5, 5.41) is 10.3. The van der Waals surface area contributed by atoms with E-state index >= 15 is 0 Å². The molecule has 1 atom stereocenters. The predicted molar refractivity (Wildman–Crippen MR) is 68.2 cm³/mol. The minimum Gasteiger partial charge on any atom is -0.496 e. The van der Waals surface area contributed by atoms with Crippen molar-refractivity contribution in [3.05, 3.63) is 65.0 Å². The van der Waals surface area contributed by atoms with Crippen LogP contribution >= 0.6 is 0 Å². The Morgan fingerprint density at radius 1 is 1.11 bits per heavy atom. The number of para-hydroxylation sites is 1. The lowest BCUT2D eigenvalue weighted by atomic mass is 9.99. The van der Waals surface area contributed by atoms with Gasteiger partial charge in [0.05, 0.1) is 7.11 Å². The summed E-state index contributed by atoms with van der Waals surface area (Å²) >= 11 is 0. The Kier molecular flexibility index (Phi) is 3.63. The average molecular weight is 246 g/mol. The van der Waals surface area contributed by atoms with Gasteiger partial charge >= 0.3 is 0 Å². The number of rotatable bonds is 3. The van der Waals surface area contributed by atoms with Gasteiger partial charge in [0.2, 0.25) is 0 Å². The first kappa shape index (κ1) is 12.6. The molecule has 0 aliphatic heterocycles. The Balaban J connectivity index is 2.47. The molecule has 0 heterocycles. The van der Waals surface area contributed by atoms with Gasteiger partial charge in [0, 0.05) is 11.1 Å². The summed E-state index contributed by atoms with van der Waals surface area (Å²) in [6.45, 7) is 1.86. The topological polar surface area (TPSA) is 29.5 Å². The van der Waals surface area contributed by atoms with Crippen molar-refractivity contribution in [3.8, 4) is 5.75 Å². The van der Waals surface area contributed by atoms with E-state index in [0.29, 0.717) is 11.3 Å². The number of aliphatic hydroxyl groups is 1. The highest BCUT2D eigenvalue weighted by Crippen LogP contribution is 2.31. The molecule has 3 heteroatoms. The van der Waals surface area contributed by atoms with Crippen molar-refractivity contribution in [1.82, 2.24) is 0 Å². The maximum Gasteiger partial charge on any atom is 0.129 e. The Morgan fingerprint density at radius 2 is 1.83 bits per heavy atom. The molecule has 2 aromatic rings. The summed E-state index contributed by atoms with van der Waals surface area (Å²) in [7, 11) is 1.53. The number of halogens is 1. The monoisotopic (exact) mass is 246 g/mol. The molecule has 0 aliphatic carbocycles. The zero-order valence-corrected chi connectivity index (χ0v) is 10.4. The molecule has 94 valence electrons. The minimum absolute atomic E-state index is 0.263. The Labute approximate surface area is 106 Å². The van der Waals surface area contributed by atoms with Gasteiger partial charge in [-0.15, -0.1) is 0 Å². The van der Waals surface area contributed by atoms with Gasteiger partial charge in [-0.1, -0.05) is 35.9 Å². The van der Waals surface area contributed by atoms with Crippen LogP contribution in [0.2, 0.25) is 0 Å². The molecule has 0 saturated carbocycles. The van der Waals surface area contributed by atoms with Crippen LogP contribution in [0.25, 0.3) is 0 Å². The van der Waals surface area contributed by atoms with Gasteiger partial charge in [-0.3, -0.25) is 0 Å². The van der Waals surface area contributed by atoms with E-state index in [1.54, 1.807) is 30.3 Å². The first-order valence-electron chi connectivity index (χ1n) is 5.70. The fourth-order valence-electron chi connectivity index (χ4n) is 1.93.